The van der Waals surface area contributed by atoms with Crippen LogP contribution in [0.5, 0.6) is 0 Å². The zero-order valence-corrected chi connectivity index (χ0v) is 34.9. The van der Waals surface area contributed by atoms with Gasteiger partial charge in [-0.2, -0.15) is 0 Å². The molecule has 0 bridgehead atoms. The number of benzene rings is 2. The van der Waals surface area contributed by atoms with E-state index in [4.69, 9.17) is 18.9 Å². The molecule has 0 atom stereocenters. The van der Waals surface area contributed by atoms with E-state index in [-0.39, 0.29) is 34.5 Å². The topological polar surface area (TPSA) is 132 Å². The van der Waals surface area contributed by atoms with Gasteiger partial charge < -0.3 is 40.2 Å². The normalized spacial score (nSPS) is 23.1. The highest BCUT2D eigenvalue weighted by Gasteiger charge is 2.40. The summed E-state index contributed by atoms with van der Waals surface area (Å²) in [6, 6.07) is 7.76. The van der Waals surface area contributed by atoms with Crippen LogP contribution >= 0.6 is 0 Å². The molecule has 4 fully saturated rings. The lowest BCUT2D eigenvalue weighted by molar-refractivity contribution is -0.0484. The number of nitrogens with zero attached hydrogens (tertiary/aromatic N) is 4. The zero-order valence-electron chi connectivity index (χ0n) is 34.9. The summed E-state index contributed by atoms with van der Waals surface area (Å²) in [4.78, 5) is 39.5. The monoisotopic (exact) mass is 776 g/mol. The van der Waals surface area contributed by atoms with Crippen molar-refractivity contribution in [2.75, 3.05) is 126 Å². The maximum Gasteiger partial charge on any atom is 0.198 e. The fraction of sp³-hybridized carbons (Fsp3) is 0.667. The van der Waals surface area contributed by atoms with E-state index < -0.39 is 0 Å². The molecule has 308 valence electrons. The number of carbonyl (C=O) groups is 2. The van der Waals surface area contributed by atoms with E-state index in [1.807, 2.05) is 24.3 Å². The average molecular weight is 777 g/mol. The third kappa shape index (κ3) is 8.30. The lowest BCUT2D eigenvalue weighted by Gasteiger charge is -2.32. The van der Waals surface area contributed by atoms with E-state index in [1.165, 1.54) is 0 Å². The highest BCUT2D eigenvalue weighted by molar-refractivity contribution is 6.35. The summed E-state index contributed by atoms with van der Waals surface area (Å²) in [5.74, 6) is -0.352. The van der Waals surface area contributed by atoms with Crippen molar-refractivity contribution in [3.05, 3.63) is 46.5 Å². The van der Waals surface area contributed by atoms with Gasteiger partial charge in [0, 0.05) is 101 Å². The Labute approximate surface area is 332 Å². The predicted octanol–water partition coefficient (Wildman–Crippen LogP) is 4.38. The number of fused-ring (bicyclic) bond motifs is 2. The smallest absolute Gasteiger partial charge is 0.198 e. The molecule has 0 aromatic heterocycles. The van der Waals surface area contributed by atoms with Crippen molar-refractivity contribution < 1.29 is 28.5 Å². The van der Waals surface area contributed by atoms with Crippen LogP contribution in [0.15, 0.2) is 24.3 Å². The number of nitrogens with one attached hydrogen (secondary N) is 4. The van der Waals surface area contributed by atoms with Crippen LogP contribution in [0.2, 0.25) is 0 Å². The number of ether oxygens (including phenoxy) is 4. The molecular formula is C42H64N8O6. The second-order valence-electron chi connectivity index (χ2n) is 17.3. The Bertz CT molecular complexity index is 1530. The first kappa shape index (κ1) is 40.8. The van der Waals surface area contributed by atoms with Crippen LogP contribution < -0.4 is 21.3 Å². The molecule has 0 unspecified atom stereocenters. The van der Waals surface area contributed by atoms with E-state index in [0.29, 0.717) is 97.6 Å². The van der Waals surface area contributed by atoms with Crippen molar-refractivity contribution in [3.8, 4) is 0 Å². The van der Waals surface area contributed by atoms with Crippen molar-refractivity contribution >= 4 is 34.3 Å². The van der Waals surface area contributed by atoms with Crippen LogP contribution in [-0.4, -0.2) is 159 Å². The van der Waals surface area contributed by atoms with Gasteiger partial charge in [-0.3, -0.25) is 29.2 Å². The largest absolute Gasteiger partial charge is 0.383 e. The number of carbonyl (C=O) groups excluding carboxylic acids is 2. The van der Waals surface area contributed by atoms with Crippen LogP contribution in [0.1, 0.15) is 87.2 Å². The highest BCUT2D eigenvalue weighted by atomic mass is 16.5. The summed E-state index contributed by atoms with van der Waals surface area (Å²) >= 11 is 0. The molecule has 56 heavy (non-hydrogen) atoms. The zero-order chi connectivity index (χ0) is 39.9. The third-order valence-corrected chi connectivity index (χ3v) is 12.4. The lowest BCUT2D eigenvalue weighted by atomic mass is 9.80. The molecule has 5 aliphatic rings. The van der Waals surface area contributed by atoms with Gasteiger partial charge >= 0.3 is 0 Å². The highest BCUT2D eigenvalue weighted by Crippen LogP contribution is 2.42. The van der Waals surface area contributed by atoms with E-state index >= 15 is 9.59 Å². The van der Waals surface area contributed by atoms with Gasteiger partial charge in [-0.25, -0.2) is 0 Å². The Morgan fingerprint density at radius 2 is 0.643 bits per heavy atom. The lowest BCUT2D eigenvalue weighted by Crippen LogP contribution is -2.42. The van der Waals surface area contributed by atoms with Gasteiger partial charge in [-0.1, -0.05) is 0 Å². The van der Waals surface area contributed by atoms with Crippen LogP contribution in [0.4, 0.5) is 22.7 Å². The first-order valence-corrected chi connectivity index (χ1v) is 20.5. The second kappa shape index (κ2) is 16.1. The van der Waals surface area contributed by atoms with Gasteiger partial charge in [0.1, 0.15) is 22.9 Å². The molecule has 4 N–H and O–H groups in total. The summed E-state index contributed by atoms with van der Waals surface area (Å²) < 4.78 is 23.7. The summed E-state index contributed by atoms with van der Waals surface area (Å²) in [5.41, 5.74) is 2.79. The molecule has 14 heteroatoms. The Morgan fingerprint density at radius 1 is 0.429 bits per heavy atom. The number of hydrogen-bond donors (Lipinski definition) is 4. The molecule has 2 aromatic carbocycles. The summed E-state index contributed by atoms with van der Waals surface area (Å²) in [7, 11) is 0. The predicted molar refractivity (Wildman–Crippen MR) is 220 cm³/mol. The van der Waals surface area contributed by atoms with Gasteiger partial charge in [0.05, 0.1) is 48.7 Å². The molecule has 4 saturated heterocycles. The van der Waals surface area contributed by atoms with E-state index in [0.717, 1.165) is 52.4 Å². The first-order chi connectivity index (χ1) is 26.6. The third-order valence-electron chi connectivity index (χ3n) is 12.4. The molecule has 4 heterocycles. The molecule has 1 aliphatic carbocycles. The summed E-state index contributed by atoms with van der Waals surface area (Å²) in [5, 5.41) is 14.2. The minimum atomic E-state index is -0.355. The van der Waals surface area contributed by atoms with Crippen LogP contribution in [-0.2, 0) is 18.9 Å². The van der Waals surface area contributed by atoms with Crippen molar-refractivity contribution in [2.24, 2.45) is 0 Å². The van der Waals surface area contributed by atoms with Gasteiger partial charge in [-0.05, 0) is 79.7 Å². The van der Waals surface area contributed by atoms with Gasteiger partial charge in [-0.15, -0.1) is 0 Å². The number of rotatable bonds is 16. The molecule has 2 aromatic rings. The van der Waals surface area contributed by atoms with Crippen LogP contribution in [0.3, 0.4) is 0 Å². The molecule has 7 rings (SSSR count). The molecule has 0 amide bonds. The molecular weight excluding hydrogens is 713 g/mol. The van der Waals surface area contributed by atoms with Crippen molar-refractivity contribution in [3.63, 3.8) is 0 Å². The second-order valence-corrected chi connectivity index (χ2v) is 17.3. The minimum absolute atomic E-state index is 0.176. The summed E-state index contributed by atoms with van der Waals surface area (Å²) in [6.45, 7) is 28.0. The quantitative estimate of drug-likeness (QED) is 0.164. The molecule has 0 saturated carbocycles. The van der Waals surface area contributed by atoms with Crippen molar-refractivity contribution in [1.29, 1.82) is 0 Å². The van der Waals surface area contributed by atoms with Crippen LogP contribution in [0.25, 0.3) is 0 Å². The van der Waals surface area contributed by atoms with Crippen LogP contribution in [0, 0.1) is 0 Å². The van der Waals surface area contributed by atoms with E-state index in [1.54, 1.807) is 0 Å². The number of anilines is 4. The molecule has 0 spiro atoms. The SMILES string of the molecule is CC1(C)OCCN1CCNc1ccc(NCCN2CCOC2(C)C)c2c1C(=O)c1c(NCCN3CCOC3(C)C)ccc(NCCN3CCOC3(C)C)c1C2=O. The average Bonchev–Trinajstić information content (AvgIpc) is 3.87. The van der Waals surface area contributed by atoms with Gasteiger partial charge in [0.15, 0.2) is 11.6 Å². The Kier molecular flexibility index (Phi) is 11.8. The first-order valence-electron chi connectivity index (χ1n) is 20.5. The Hall–Kier alpha value is -3.34. The van der Waals surface area contributed by atoms with E-state index in [9.17, 15) is 0 Å². The maximum absolute atomic E-state index is 15.2. The Morgan fingerprint density at radius 3 is 0.821 bits per heavy atom. The number of ketones is 2. The molecule has 0 radical (unpaired) electrons. The number of hydrogen-bond acceptors (Lipinski definition) is 14. The minimum Gasteiger partial charge on any atom is -0.383 e. The Balaban J connectivity index is 1.21. The van der Waals surface area contributed by atoms with E-state index in [2.05, 4.69) is 96.3 Å². The molecule has 14 nitrogen and oxygen atoms in total. The standard InChI is InChI=1S/C42H64N8O6/c1-39(2)47(21-25-53-39)17-13-43-29-9-10-30(44-14-18-48-22-26-54-40(48,3)4)34-33(29)37(51)35-31(45-15-19-49-23-27-55-41(49,5)6)11-12-32(36(35)38(34)52)46-16-20-50-24-28-56-42(50,7)8/h9-12,43-46H,13-28H2,1-8H3. The van der Waals surface area contributed by atoms with Crippen molar-refractivity contribution in [2.45, 2.75) is 78.3 Å². The van der Waals surface area contributed by atoms with Gasteiger partial charge in [0.25, 0.3) is 0 Å². The van der Waals surface area contributed by atoms with Crippen molar-refractivity contribution in [1.82, 2.24) is 19.6 Å². The summed E-state index contributed by atoms with van der Waals surface area (Å²) in [6.07, 6.45) is 0. The molecule has 4 aliphatic heterocycles. The fourth-order valence-electron chi connectivity index (χ4n) is 8.88. The van der Waals surface area contributed by atoms with Gasteiger partial charge in [0.2, 0.25) is 0 Å². The maximum atomic E-state index is 15.2. The fourth-order valence-corrected chi connectivity index (χ4v) is 8.88.